The van der Waals surface area contributed by atoms with Crippen LogP contribution in [0.3, 0.4) is 0 Å². The van der Waals surface area contributed by atoms with Gasteiger partial charge in [0.2, 0.25) is 0 Å². The maximum absolute atomic E-state index is 6.10. The molecule has 0 saturated heterocycles. The quantitative estimate of drug-likeness (QED) is 0.443. The molecule has 2 heterocycles. The number of fused-ring (bicyclic) bond motifs is 2. The normalized spacial score (nSPS) is 15.5. The number of imidazole rings is 1. The van der Waals surface area contributed by atoms with Crippen molar-refractivity contribution in [2.75, 3.05) is 12.0 Å². The second-order valence-corrected chi connectivity index (χ2v) is 8.78. The molecular weight excluding hydrogens is 483 g/mol. The van der Waals surface area contributed by atoms with E-state index >= 15 is 0 Å². The number of nitrogens with one attached hydrogen (secondary N) is 1. The van der Waals surface area contributed by atoms with Crippen LogP contribution in [0.1, 0.15) is 15.2 Å². The summed E-state index contributed by atoms with van der Waals surface area (Å²) in [5.41, 5.74) is 3.30. The standard InChI is InChI=1S/C18H15BrIN2O2/c1-20-14-12-4-3-5-13(23-2)16(12)24-18-15(14)21-17(22-18)10-6-8-11(19)9-7-10/h3-9,14H,1-2H3,(H,21,22)/q-1. The summed E-state index contributed by atoms with van der Waals surface area (Å²) in [6, 6.07) is 14.2. The number of hydrogen-bond acceptors (Lipinski definition) is 3. The van der Waals surface area contributed by atoms with Crippen molar-refractivity contribution in [1.29, 1.82) is 0 Å². The van der Waals surface area contributed by atoms with Gasteiger partial charge in [0.1, 0.15) is 0 Å². The Morgan fingerprint density at radius 3 is 2.71 bits per heavy atom. The third kappa shape index (κ3) is 2.61. The van der Waals surface area contributed by atoms with Gasteiger partial charge in [-0.25, -0.2) is 0 Å². The van der Waals surface area contributed by atoms with Gasteiger partial charge in [-0.2, -0.15) is 0 Å². The van der Waals surface area contributed by atoms with E-state index < -0.39 is 0 Å². The van der Waals surface area contributed by atoms with E-state index in [1.54, 1.807) is 7.11 Å². The molecule has 0 spiro atoms. The van der Waals surface area contributed by atoms with E-state index in [0.29, 0.717) is 9.80 Å². The van der Waals surface area contributed by atoms with Crippen molar-refractivity contribution in [3.63, 3.8) is 0 Å². The minimum atomic E-state index is -0.0861. The molecule has 1 N–H and O–H groups in total. The fourth-order valence-electron chi connectivity index (χ4n) is 2.85. The van der Waals surface area contributed by atoms with Gasteiger partial charge in [0, 0.05) is 0 Å². The number of benzene rings is 2. The molecule has 0 amide bonds. The van der Waals surface area contributed by atoms with E-state index in [9.17, 15) is 0 Å². The van der Waals surface area contributed by atoms with Crippen molar-refractivity contribution in [3.8, 4) is 28.8 Å². The molecule has 0 aliphatic carbocycles. The monoisotopic (exact) mass is 497 g/mol. The number of hydrogen-bond donors (Lipinski definition) is 1. The Bertz CT molecular complexity index is 893. The number of methoxy groups -OCH3 is 1. The van der Waals surface area contributed by atoms with E-state index in [1.807, 2.05) is 36.4 Å². The number of aromatic nitrogens is 2. The van der Waals surface area contributed by atoms with Gasteiger partial charge in [-0.3, -0.25) is 0 Å². The first-order valence-corrected chi connectivity index (χ1v) is 11.6. The molecule has 1 unspecified atom stereocenters. The molecule has 1 aromatic heterocycles. The molecule has 0 saturated carbocycles. The number of ether oxygens (including phenoxy) is 2. The third-order valence-corrected chi connectivity index (χ3v) is 7.06. The van der Waals surface area contributed by atoms with Crippen LogP contribution in [0.15, 0.2) is 46.9 Å². The van der Waals surface area contributed by atoms with E-state index in [1.165, 1.54) is 5.56 Å². The van der Waals surface area contributed by atoms with Crippen LogP contribution in [-0.2, 0) is 0 Å². The Morgan fingerprint density at radius 1 is 1.21 bits per heavy atom. The summed E-state index contributed by atoms with van der Waals surface area (Å²) < 4.78 is 12.9. The number of H-pyrrole nitrogens is 1. The third-order valence-electron chi connectivity index (χ3n) is 3.99. The van der Waals surface area contributed by atoms with Crippen LogP contribution in [0.4, 0.5) is 0 Å². The summed E-state index contributed by atoms with van der Waals surface area (Å²) in [6.45, 7) is 0. The Balaban J connectivity index is 1.82. The van der Waals surface area contributed by atoms with Gasteiger partial charge < -0.3 is 0 Å². The summed E-state index contributed by atoms with van der Waals surface area (Å²) in [5.74, 6) is 3.06. The molecule has 3 aromatic rings. The number of aromatic amines is 1. The van der Waals surface area contributed by atoms with Crippen LogP contribution in [0.25, 0.3) is 11.4 Å². The second-order valence-electron chi connectivity index (χ2n) is 5.37. The topological polar surface area (TPSA) is 47.1 Å². The summed E-state index contributed by atoms with van der Waals surface area (Å²) in [4.78, 5) is 10.5. The summed E-state index contributed by atoms with van der Waals surface area (Å²) in [5, 5.41) is 0. The van der Waals surface area contributed by atoms with Crippen LogP contribution < -0.4 is 30.7 Å². The molecule has 1 atom stereocenters. The first-order chi connectivity index (χ1) is 11.7. The van der Waals surface area contributed by atoms with Crippen molar-refractivity contribution >= 4 is 15.9 Å². The van der Waals surface area contributed by atoms with Crippen molar-refractivity contribution in [2.24, 2.45) is 0 Å². The number of alkyl halides is 2. The van der Waals surface area contributed by atoms with Crippen LogP contribution in [0, 0.1) is 0 Å². The van der Waals surface area contributed by atoms with E-state index in [4.69, 9.17) is 14.5 Å². The van der Waals surface area contributed by atoms with E-state index in [-0.39, 0.29) is 21.2 Å². The molecule has 0 bridgehead atoms. The summed E-state index contributed by atoms with van der Waals surface area (Å²) >= 11 is 3.38. The van der Waals surface area contributed by atoms with Crippen LogP contribution in [0.2, 0.25) is 0 Å². The van der Waals surface area contributed by atoms with Crippen molar-refractivity contribution in [1.82, 2.24) is 9.97 Å². The maximum atomic E-state index is 6.10. The Hall–Kier alpha value is -1.54. The fourth-order valence-corrected chi connectivity index (χ4v) is 5.32. The predicted molar refractivity (Wildman–Crippen MR) is 92.6 cm³/mol. The minimum absolute atomic E-state index is 0.0861. The Morgan fingerprint density at radius 2 is 2.00 bits per heavy atom. The molecule has 0 radical (unpaired) electrons. The first kappa shape index (κ1) is 16.0. The van der Waals surface area contributed by atoms with Crippen LogP contribution in [0.5, 0.6) is 17.4 Å². The van der Waals surface area contributed by atoms with Crippen molar-refractivity contribution in [2.45, 2.75) is 3.92 Å². The van der Waals surface area contributed by atoms with E-state index in [0.717, 1.165) is 33.1 Å². The van der Waals surface area contributed by atoms with Gasteiger partial charge in [-0.15, -0.1) is 0 Å². The van der Waals surface area contributed by atoms with Gasteiger partial charge in [-0.05, 0) is 0 Å². The van der Waals surface area contributed by atoms with Gasteiger partial charge in [0.05, 0.1) is 0 Å². The van der Waals surface area contributed by atoms with Crippen molar-refractivity contribution in [3.05, 3.63) is 58.2 Å². The molecule has 2 aromatic carbocycles. The van der Waals surface area contributed by atoms with Crippen LogP contribution in [-0.4, -0.2) is 22.0 Å². The second kappa shape index (κ2) is 6.40. The zero-order valence-corrected chi connectivity index (χ0v) is 16.9. The Kier molecular flexibility index (Phi) is 4.26. The molecular formula is C18H15BrIN2O2-. The fraction of sp³-hybridized carbons (Fsp3) is 0.167. The molecule has 4 rings (SSSR count). The zero-order valence-electron chi connectivity index (χ0n) is 13.1. The molecule has 24 heavy (non-hydrogen) atoms. The SMILES string of the molecule is COc1cccc2c1Oc1nc(-c3ccc(Br)cc3)[nH]c1C2[I-]C. The average Bonchev–Trinajstić information content (AvgIpc) is 3.03. The molecule has 0 fully saturated rings. The number of nitrogens with zero attached hydrogens (tertiary/aromatic N) is 1. The number of halogens is 2. The average molecular weight is 498 g/mol. The van der Waals surface area contributed by atoms with E-state index in [2.05, 4.69) is 31.9 Å². The summed E-state index contributed by atoms with van der Waals surface area (Å²) in [6.07, 6.45) is 0. The zero-order chi connectivity index (χ0) is 16.7. The van der Waals surface area contributed by atoms with Gasteiger partial charge in [0.25, 0.3) is 0 Å². The summed E-state index contributed by atoms with van der Waals surface area (Å²) in [7, 11) is 1.67. The molecule has 1 aliphatic rings. The van der Waals surface area contributed by atoms with Crippen molar-refractivity contribution < 1.29 is 30.7 Å². The Labute approximate surface area is 159 Å². The van der Waals surface area contributed by atoms with Crippen LogP contribution >= 0.6 is 15.9 Å². The first-order valence-electron chi connectivity index (χ1n) is 7.40. The molecule has 4 nitrogen and oxygen atoms in total. The number of rotatable bonds is 3. The predicted octanol–water partition coefficient (Wildman–Crippen LogP) is 1.76. The molecule has 1 aliphatic heterocycles. The van der Waals surface area contributed by atoms with Gasteiger partial charge in [-0.1, -0.05) is 0 Å². The number of para-hydroxylation sites is 1. The molecule has 124 valence electrons. The molecule has 6 heteroatoms. The van der Waals surface area contributed by atoms with Gasteiger partial charge >= 0.3 is 160 Å². The van der Waals surface area contributed by atoms with Gasteiger partial charge in [0.15, 0.2) is 0 Å².